The molecule has 0 aliphatic heterocycles. The topological polar surface area (TPSA) is 33.6 Å². The van der Waals surface area contributed by atoms with Crippen LogP contribution in [0, 0.1) is 16.4 Å². The predicted molar refractivity (Wildman–Crippen MR) is 73.9 cm³/mol. The third kappa shape index (κ3) is 1.98. The van der Waals surface area contributed by atoms with E-state index in [9.17, 15) is 8.78 Å². The molecule has 0 aliphatic rings. The Bertz CT molecular complexity index is 817. The smallest absolute Gasteiger partial charge is 0.182 e. The lowest BCUT2D eigenvalue weighted by molar-refractivity contribution is 0.569. The summed E-state index contributed by atoms with van der Waals surface area (Å²) in [6.45, 7) is 0. The van der Waals surface area contributed by atoms with Crippen molar-refractivity contribution in [1.82, 2.24) is 14.5 Å². The first-order valence-corrected chi connectivity index (χ1v) is 6.47. The highest BCUT2D eigenvalue weighted by Gasteiger charge is 2.16. The first-order valence-electron chi connectivity index (χ1n) is 5.27. The summed E-state index contributed by atoms with van der Waals surface area (Å²) in [5.41, 5.74) is 0.986. The molecule has 0 radical (unpaired) electrons. The highest BCUT2D eigenvalue weighted by molar-refractivity contribution is 9.10. The van der Waals surface area contributed by atoms with E-state index in [1.807, 2.05) is 0 Å². The van der Waals surface area contributed by atoms with E-state index in [0.29, 0.717) is 15.5 Å². The van der Waals surface area contributed by atoms with Gasteiger partial charge in [0.1, 0.15) is 5.69 Å². The minimum atomic E-state index is -0.694. The molecule has 0 amide bonds. The SMILES string of the molecule is Fc1cc(Br)cc(F)c1-n1c(=S)[nH]c2cnccc21. The Morgan fingerprint density at radius 3 is 2.63 bits per heavy atom. The summed E-state index contributed by atoms with van der Waals surface area (Å²) in [6.07, 6.45) is 3.09. The molecule has 0 atom stereocenters. The zero-order valence-electron chi connectivity index (χ0n) is 9.32. The Morgan fingerprint density at radius 1 is 1.26 bits per heavy atom. The fourth-order valence-corrected chi connectivity index (χ4v) is 2.63. The molecule has 3 nitrogen and oxygen atoms in total. The van der Waals surface area contributed by atoms with Crippen LogP contribution in [-0.4, -0.2) is 14.5 Å². The van der Waals surface area contributed by atoms with E-state index in [1.54, 1.807) is 12.3 Å². The van der Waals surface area contributed by atoms with Gasteiger partial charge >= 0.3 is 0 Å². The summed E-state index contributed by atoms with van der Waals surface area (Å²) >= 11 is 8.17. The van der Waals surface area contributed by atoms with Crippen molar-refractivity contribution in [3.05, 3.63) is 51.5 Å². The zero-order chi connectivity index (χ0) is 13.6. The summed E-state index contributed by atoms with van der Waals surface area (Å²) < 4.78 is 29.9. The maximum absolute atomic E-state index is 14.0. The number of aromatic nitrogens is 3. The van der Waals surface area contributed by atoms with Gasteiger partial charge in [-0.2, -0.15) is 0 Å². The molecular weight excluding hydrogens is 336 g/mol. The number of nitrogens with zero attached hydrogens (tertiary/aromatic N) is 2. The van der Waals surface area contributed by atoms with Crippen LogP contribution in [0.15, 0.2) is 35.1 Å². The van der Waals surface area contributed by atoms with Gasteiger partial charge in [0, 0.05) is 10.7 Å². The van der Waals surface area contributed by atoms with Crippen LogP contribution in [0.4, 0.5) is 8.78 Å². The van der Waals surface area contributed by atoms with Crippen molar-refractivity contribution < 1.29 is 8.78 Å². The van der Waals surface area contributed by atoms with Gasteiger partial charge in [-0.25, -0.2) is 8.78 Å². The monoisotopic (exact) mass is 341 g/mol. The van der Waals surface area contributed by atoms with Crippen molar-refractivity contribution in [1.29, 1.82) is 0 Å². The van der Waals surface area contributed by atoms with Crippen molar-refractivity contribution in [3.8, 4) is 5.69 Å². The Kier molecular flexibility index (Phi) is 2.94. The number of imidazole rings is 1. The highest BCUT2D eigenvalue weighted by atomic mass is 79.9. The molecule has 0 spiro atoms. The largest absolute Gasteiger partial charge is 0.329 e. The number of pyridine rings is 1. The second-order valence-corrected chi connectivity index (χ2v) is 5.18. The van der Waals surface area contributed by atoms with E-state index >= 15 is 0 Å². The normalized spacial score (nSPS) is 11.1. The summed E-state index contributed by atoms with van der Waals surface area (Å²) in [5, 5.41) is 0. The van der Waals surface area contributed by atoms with Crippen molar-refractivity contribution >= 4 is 39.2 Å². The third-order valence-electron chi connectivity index (χ3n) is 2.69. The van der Waals surface area contributed by atoms with Gasteiger partial charge in [-0.3, -0.25) is 9.55 Å². The van der Waals surface area contributed by atoms with Crippen LogP contribution >= 0.6 is 28.1 Å². The fourth-order valence-electron chi connectivity index (χ4n) is 1.93. The lowest BCUT2D eigenvalue weighted by Crippen LogP contribution is -2.01. The molecule has 0 saturated carbocycles. The van der Waals surface area contributed by atoms with Gasteiger partial charge in [0.05, 0.1) is 17.2 Å². The number of hydrogen-bond donors (Lipinski definition) is 1. The number of H-pyrrole nitrogens is 1. The molecule has 3 rings (SSSR count). The third-order valence-corrected chi connectivity index (χ3v) is 3.43. The van der Waals surface area contributed by atoms with Crippen molar-refractivity contribution in [2.75, 3.05) is 0 Å². The minimum absolute atomic E-state index is 0.203. The van der Waals surface area contributed by atoms with Crippen LogP contribution in [0.2, 0.25) is 0 Å². The molecule has 0 unspecified atom stereocenters. The second-order valence-electron chi connectivity index (χ2n) is 3.88. The summed E-state index contributed by atoms with van der Waals surface area (Å²) in [6, 6.07) is 4.03. The van der Waals surface area contributed by atoms with Crippen LogP contribution in [0.25, 0.3) is 16.7 Å². The molecule has 19 heavy (non-hydrogen) atoms. The Labute approximate surface area is 120 Å². The highest BCUT2D eigenvalue weighted by Crippen LogP contribution is 2.26. The maximum atomic E-state index is 14.0. The molecule has 7 heteroatoms. The second kappa shape index (κ2) is 4.50. The van der Waals surface area contributed by atoms with Gasteiger partial charge in [0.2, 0.25) is 0 Å². The lowest BCUT2D eigenvalue weighted by Gasteiger charge is -2.08. The van der Waals surface area contributed by atoms with Crippen LogP contribution in [0.1, 0.15) is 0 Å². The van der Waals surface area contributed by atoms with Gasteiger partial charge < -0.3 is 4.98 Å². The van der Waals surface area contributed by atoms with Gasteiger partial charge in [-0.1, -0.05) is 15.9 Å². The van der Waals surface area contributed by atoms with E-state index in [-0.39, 0.29) is 10.5 Å². The number of halogens is 3. The van der Waals surface area contributed by atoms with Crippen molar-refractivity contribution in [2.45, 2.75) is 0 Å². The van der Waals surface area contributed by atoms with Gasteiger partial charge in [0.15, 0.2) is 16.4 Å². The Balaban J connectivity index is 2.43. The number of benzene rings is 1. The number of fused-ring (bicyclic) bond motifs is 1. The zero-order valence-corrected chi connectivity index (χ0v) is 11.7. The number of hydrogen-bond acceptors (Lipinski definition) is 2. The van der Waals surface area contributed by atoms with E-state index in [0.717, 1.165) is 0 Å². The molecule has 0 aliphatic carbocycles. The molecule has 1 aromatic carbocycles. The quantitative estimate of drug-likeness (QED) is 0.675. The molecule has 96 valence electrons. The predicted octanol–water partition coefficient (Wildman–Crippen LogP) is 4.12. The van der Waals surface area contributed by atoms with Crippen LogP contribution in [0.3, 0.4) is 0 Å². The molecule has 0 fully saturated rings. The molecular formula is C12H6BrF2N3S. The number of rotatable bonds is 1. The van der Waals surface area contributed by atoms with Gasteiger partial charge in [0.25, 0.3) is 0 Å². The Hall–Kier alpha value is -1.60. The van der Waals surface area contributed by atoms with Gasteiger partial charge in [-0.15, -0.1) is 0 Å². The number of aromatic amines is 1. The summed E-state index contributed by atoms with van der Waals surface area (Å²) in [7, 11) is 0. The fraction of sp³-hybridized carbons (Fsp3) is 0. The summed E-state index contributed by atoms with van der Waals surface area (Å²) in [4.78, 5) is 6.80. The van der Waals surface area contributed by atoms with Crippen LogP contribution < -0.4 is 0 Å². The lowest BCUT2D eigenvalue weighted by atomic mass is 10.2. The van der Waals surface area contributed by atoms with Crippen LogP contribution in [-0.2, 0) is 0 Å². The molecule has 1 N–H and O–H groups in total. The minimum Gasteiger partial charge on any atom is -0.329 e. The van der Waals surface area contributed by atoms with E-state index in [2.05, 4.69) is 25.9 Å². The maximum Gasteiger partial charge on any atom is 0.182 e. The van der Waals surface area contributed by atoms with Crippen molar-refractivity contribution in [3.63, 3.8) is 0 Å². The van der Waals surface area contributed by atoms with E-state index in [1.165, 1.54) is 22.9 Å². The molecule has 2 aromatic heterocycles. The standard InChI is InChI=1S/C12H6BrF2N3S/c13-6-3-7(14)11(8(15)4-6)18-10-1-2-16-5-9(10)17-12(18)19/h1-5H,(H,17,19). The van der Waals surface area contributed by atoms with E-state index < -0.39 is 11.6 Å². The molecule has 3 aromatic rings. The number of nitrogens with one attached hydrogen (secondary N) is 1. The molecule has 2 heterocycles. The van der Waals surface area contributed by atoms with Gasteiger partial charge in [-0.05, 0) is 30.4 Å². The Morgan fingerprint density at radius 2 is 1.95 bits per heavy atom. The van der Waals surface area contributed by atoms with Crippen molar-refractivity contribution in [2.24, 2.45) is 0 Å². The first kappa shape index (κ1) is 12.4. The van der Waals surface area contributed by atoms with Crippen LogP contribution in [0.5, 0.6) is 0 Å². The summed E-state index contributed by atoms with van der Waals surface area (Å²) in [5.74, 6) is -1.39. The first-order chi connectivity index (χ1) is 9.08. The average Bonchev–Trinajstić information content (AvgIpc) is 2.65. The molecule has 0 bridgehead atoms. The molecule has 0 saturated heterocycles. The van der Waals surface area contributed by atoms with E-state index in [4.69, 9.17) is 12.2 Å². The average molecular weight is 342 g/mol.